The van der Waals surface area contributed by atoms with Crippen molar-refractivity contribution >= 4 is 23.4 Å². The van der Waals surface area contributed by atoms with Crippen LogP contribution in [0.15, 0.2) is 60.7 Å². The predicted octanol–water partition coefficient (Wildman–Crippen LogP) is 5.26. The summed E-state index contributed by atoms with van der Waals surface area (Å²) in [4.78, 5) is 40.2. The van der Waals surface area contributed by atoms with Gasteiger partial charge in [-0.3, -0.25) is 19.3 Å². The molecule has 1 N–H and O–H groups in total. The van der Waals surface area contributed by atoms with E-state index in [9.17, 15) is 14.4 Å². The van der Waals surface area contributed by atoms with Gasteiger partial charge in [0.2, 0.25) is 0 Å². The number of carbonyl (C=O) groups is 3. The van der Waals surface area contributed by atoms with Crippen molar-refractivity contribution in [2.45, 2.75) is 40.2 Å². The number of amides is 3. The molecule has 3 aromatic carbocycles. The molecule has 0 saturated heterocycles. The number of fused-ring (bicyclic) bond motifs is 1. The lowest BCUT2D eigenvalue weighted by molar-refractivity contribution is 0.0642. The van der Waals surface area contributed by atoms with Crippen LogP contribution >= 0.6 is 0 Å². The summed E-state index contributed by atoms with van der Waals surface area (Å²) in [5.74, 6) is -0.490. The Kier molecular flexibility index (Phi) is 6.77. The number of nitrogens with zero attached hydrogens (tertiary/aromatic N) is 1. The molecule has 0 saturated carbocycles. The zero-order valence-corrected chi connectivity index (χ0v) is 19.7. The Morgan fingerprint density at radius 1 is 0.853 bits per heavy atom. The fourth-order valence-electron chi connectivity index (χ4n) is 4.28. The van der Waals surface area contributed by atoms with Gasteiger partial charge in [0.1, 0.15) is 5.75 Å². The van der Waals surface area contributed by atoms with Gasteiger partial charge in [-0.25, -0.2) is 0 Å². The molecule has 3 aromatic rings. The second kappa shape index (κ2) is 9.91. The molecule has 1 aliphatic rings. The van der Waals surface area contributed by atoms with E-state index in [-0.39, 0.29) is 24.3 Å². The van der Waals surface area contributed by atoms with Crippen LogP contribution < -0.4 is 10.1 Å². The van der Waals surface area contributed by atoms with Crippen molar-refractivity contribution in [3.05, 3.63) is 94.0 Å². The van der Waals surface area contributed by atoms with E-state index in [0.717, 1.165) is 29.7 Å². The molecule has 0 atom stereocenters. The summed E-state index contributed by atoms with van der Waals surface area (Å²) >= 11 is 0. The minimum atomic E-state index is -0.329. The van der Waals surface area contributed by atoms with Crippen LogP contribution in [0.5, 0.6) is 5.75 Å². The number of nitrogens with one attached hydrogen (secondary N) is 1. The van der Waals surface area contributed by atoms with E-state index in [4.69, 9.17) is 4.74 Å². The molecule has 6 heteroatoms. The highest BCUT2D eigenvalue weighted by Gasteiger charge is 2.35. The molecule has 6 nitrogen and oxygen atoms in total. The standard InChI is InChI=1S/C28H28N2O4/c1-4-19-10-9-11-20(5-2)25(19)29-26(31)23-16-18(14-15-24(23)34-6-3)17-30-27(32)21-12-7-8-13-22(21)28(30)33/h7-16H,4-6,17H2,1-3H3,(H,29,31). The van der Waals surface area contributed by atoms with E-state index in [1.165, 1.54) is 4.90 Å². The van der Waals surface area contributed by atoms with E-state index >= 15 is 0 Å². The number of rotatable bonds is 8. The second-order valence-electron chi connectivity index (χ2n) is 8.12. The van der Waals surface area contributed by atoms with E-state index in [0.29, 0.717) is 34.6 Å². The molecule has 1 aliphatic heterocycles. The number of ether oxygens (including phenoxy) is 1. The molecule has 0 unspecified atom stereocenters. The molecule has 0 fully saturated rings. The first-order chi connectivity index (χ1) is 16.5. The van der Waals surface area contributed by atoms with Crippen LogP contribution in [0, 0.1) is 0 Å². The number of carbonyl (C=O) groups excluding carboxylic acids is 3. The van der Waals surface area contributed by atoms with E-state index < -0.39 is 0 Å². The van der Waals surface area contributed by atoms with Crippen LogP contribution in [0.4, 0.5) is 5.69 Å². The smallest absolute Gasteiger partial charge is 0.261 e. The minimum Gasteiger partial charge on any atom is -0.493 e. The van der Waals surface area contributed by atoms with Crippen molar-refractivity contribution in [2.75, 3.05) is 11.9 Å². The molecule has 0 radical (unpaired) electrons. The highest BCUT2D eigenvalue weighted by molar-refractivity contribution is 6.21. The zero-order chi connectivity index (χ0) is 24.2. The Labute approximate surface area is 199 Å². The Hall–Kier alpha value is -3.93. The third-order valence-corrected chi connectivity index (χ3v) is 6.04. The first-order valence-electron chi connectivity index (χ1n) is 11.6. The lowest BCUT2D eigenvalue weighted by atomic mass is 10.0. The zero-order valence-electron chi connectivity index (χ0n) is 19.7. The third kappa shape index (κ3) is 4.31. The number of aryl methyl sites for hydroxylation is 2. The van der Waals surface area contributed by atoms with Crippen LogP contribution in [0.3, 0.4) is 0 Å². The van der Waals surface area contributed by atoms with Crippen molar-refractivity contribution in [1.29, 1.82) is 0 Å². The molecule has 0 aromatic heterocycles. The van der Waals surface area contributed by atoms with Crippen LogP contribution in [0.25, 0.3) is 0 Å². The first kappa shape index (κ1) is 23.2. The Balaban J connectivity index is 1.64. The van der Waals surface area contributed by atoms with Gasteiger partial charge in [-0.15, -0.1) is 0 Å². The van der Waals surface area contributed by atoms with Gasteiger partial charge < -0.3 is 10.1 Å². The maximum absolute atomic E-state index is 13.4. The molecule has 34 heavy (non-hydrogen) atoms. The van der Waals surface area contributed by atoms with Gasteiger partial charge in [0.25, 0.3) is 17.7 Å². The highest BCUT2D eigenvalue weighted by Crippen LogP contribution is 2.28. The molecule has 0 spiro atoms. The molecular weight excluding hydrogens is 428 g/mol. The number of benzene rings is 3. The lowest BCUT2D eigenvalue weighted by Gasteiger charge is -2.18. The monoisotopic (exact) mass is 456 g/mol. The summed E-state index contributed by atoms with van der Waals surface area (Å²) in [6.45, 7) is 6.45. The van der Waals surface area contributed by atoms with Gasteiger partial charge in [-0.1, -0.05) is 50.2 Å². The van der Waals surface area contributed by atoms with Crippen LogP contribution in [0.1, 0.15) is 68.5 Å². The van der Waals surface area contributed by atoms with Gasteiger partial charge in [0.15, 0.2) is 0 Å². The topological polar surface area (TPSA) is 75.7 Å². The number of para-hydroxylation sites is 1. The Bertz CT molecular complexity index is 1210. The first-order valence-corrected chi connectivity index (χ1v) is 11.6. The number of imide groups is 1. The van der Waals surface area contributed by atoms with Crippen molar-refractivity contribution in [3.8, 4) is 5.75 Å². The average Bonchev–Trinajstić information content (AvgIpc) is 3.10. The van der Waals surface area contributed by atoms with Gasteiger partial charge in [-0.2, -0.15) is 0 Å². The van der Waals surface area contributed by atoms with Crippen LogP contribution in [0.2, 0.25) is 0 Å². The highest BCUT2D eigenvalue weighted by atomic mass is 16.5. The fourth-order valence-corrected chi connectivity index (χ4v) is 4.28. The molecule has 3 amide bonds. The van der Waals surface area contributed by atoms with Crippen molar-refractivity contribution in [1.82, 2.24) is 4.90 Å². The fraction of sp³-hybridized carbons (Fsp3) is 0.250. The van der Waals surface area contributed by atoms with E-state index in [2.05, 4.69) is 19.2 Å². The number of anilines is 1. The minimum absolute atomic E-state index is 0.0742. The Morgan fingerprint density at radius 2 is 1.47 bits per heavy atom. The molecule has 1 heterocycles. The van der Waals surface area contributed by atoms with Gasteiger partial charge in [0.05, 0.1) is 29.8 Å². The maximum Gasteiger partial charge on any atom is 0.261 e. The average molecular weight is 457 g/mol. The van der Waals surface area contributed by atoms with Gasteiger partial charge in [-0.05, 0) is 60.7 Å². The molecule has 4 rings (SSSR count). The molecule has 174 valence electrons. The van der Waals surface area contributed by atoms with Crippen LogP contribution in [-0.2, 0) is 19.4 Å². The molecule has 0 bridgehead atoms. The second-order valence-corrected chi connectivity index (χ2v) is 8.12. The predicted molar refractivity (Wildman–Crippen MR) is 131 cm³/mol. The van der Waals surface area contributed by atoms with Crippen molar-refractivity contribution in [3.63, 3.8) is 0 Å². The van der Waals surface area contributed by atoms with E-state index in [1.54, 1.807) is 42.5 Å². The summed E-state index contributed by atoms with van der Waals surface area (Å²) in [5.41, 5.74) is 4.79. The summed E-state index contributed by atoms with van der Waals surface area (Å²) < 4.78 is 5.72. The van der Waals surface area contributed by atoms with Gasteiger partial charge >= 0.3 is 0 Å². The normalized spacial score (nSPS) is 12.6. The van der Waals surface area contributed by atoms with E-state index in [1.807, 2.05) is 25.1 Å². The van der Waals surface area contributed by atoms with Crippen LogP contribution in [-0.4, -0.2) is 29.2 Å². The Morgan fingerprint density at radius 3 is 2.03 bits per heavy atom. The molecule has 0 aliphatic carbocycles. The number of hydrogen-bond acceptors (Lipinski definition) is 4. The maximum atomic E-state index is 13.4. The summed E-state index contributed by atoms with van der Waals surface area (Å²) in [6.07, 6.45) is 1.59. The number of hydrogen-bond donors (Lipinski definition) is 1. The molecular formula is C28H28N2O4. The summed E-state index contributed by atoms with van der Waals surface area (Å²) in [5, 5.41) is 3.08. The third-order valence-electron chi connectivity index (χ3n) is 6.04. The van der Waals surface area contributed by atoms with Crippen molar-refractivity contribution in [2.24, 2.45) is 0 Å². The quantitative estimate of drug-likeness (QED) is 0.469. The largest absolute Gasteiger partial charge is 0.493 e. The lowest BCUT2D eigenvalue weighted by Crippen LogP contribution is -2.29. The van der Waals surface area contributed by atoms with Gasteiger partial charge in [0, 0.05) is 5.69 Å². The SMILES string of the molecule is CCOc1ccc(CN2C(=O)c3ccccc3C2=O)cc1C(=O)Nc1c(CC)cccc1CC. The summed E-state index contributed by atoms with van der Waals surface area (Å²) in [7, 11) is 0. The summed E-state index contributed by atoms with van der Waals surface area (Å²) in [6, 6.07) is 18.0. The van der Waals surface area contributed by atoms with Crippen molar-refractivity contribution < 1.29 is 19.1 Å².